The Bertz CT molecular complexity index is 389. The van der Waals surface area contributed by atoms with E-state index >= 15 is 0 Å². The summed E-state index contributed by atoms with van der Waals surface area (Å²) in [6.07, 6.45) is 1.87. The Kier molecular flexibility index (Phi) is 3.45. The standard InChI is InChI=1S/C12H20N2Si/c1-9(8-15(4,5)6)12-7-13-10(2)11(3)14-12/h7-8H,1-6H3/b9-8+. The Morgan fingerprint density at radius 2 is 1.80 bits per heavy atom. The van der Waals surface area contributed by atoms with E-state index in [1.165, 1.54) is 5.57 Å². The average Bonchev–Trinajstić information content (AvgIpc) is 2.06. The highest BCUT2D eigenvalue weighted by atomic mass is 28.3. The van der Waals surface area contributed by atoms with E-state index in [1.54, 1.807) is 0 Å². The Hall–Kier alpha value is -0.963. The summed E-state index contributed by atoms with van der Waals surface area (Å²) in [7, 11) is -1.16. The van der Waals surface area contributed by atoms with Crippen molar-refractivity contribution in [1.82, 2.24) is 9.97 Å². The largest absolute Gasteiger partial charge is 0.257 e. The molecule has 0 bridgehead atoms. The highest BCUT2D eigenvalue weighted by Crippen LogP contribution is 2.16. The Labute approximate surface area is 93.5 Å². The molecule has 0 aliphatic heterocycles. The van der Waals surface area contributed by atoms with E-state index in [-0.39, 0.29) is 0 Å². The van der Waals surface area contributed by atoms with Crippen LogP contribution < -0.4 is 0 Å². The topological polar surface area (TPSA) is 25.8 Å². The van der Waals surface area contributed by atoms with Gasteiger partial charge in [0.2, 0.25) is 0 Å². The van der Waals surface area contributed by atoms with Crippen molar-refractivity contribution in [1.29, 1.82) is 0 Å². The SMILES string of the molecule is C/C(=C\[Si](C)(C)C)c1cnc(C)c(C)n1. The van der Waals surface area contributed by atoms with Crippen molar-refractivity contribution in [3.63, 3.8) is 0 Å². The van der Waals surface area contributed by atoms with Gasteiger partial charge in [0, 0.05) is 0 Å². The van der Waals surface area contributed by atoms with Gasteiger partial charge >= 0.3 is 0 Å². The van der Waals surface area contributed by atoms with E-state index in [4.69, 9.17) is 0 Å². The Morgan fingerprint density at radius 3 is 2.27 bits per heavy atom. The second kappa shape index (κ2) is 4.27. The molecule has 1 rings (SSSR count). The van der Waals surface area contributed by atoms with E-state index in [2.05, 4.69) is 42.2 Å². The molecule has 3 heteroatoms. The fourth-order valence-corrected chi connectivity index (χ4v) is 2.90. The van der Waals surface area contributed by atoms with E-state index in [0.29, 0.717) is 0 Å². The molecule has 0 saturated heterocycles. The number of hydrogen-bond donors (Lipinski definition) is 0. The maximum absolute atomic E-state index is 4.55. The van der Waals surface area contributed by atoms with Crippen molar-refractivity contribution in [2.45, 2.75) is 40.4 Å². The van der Waals surface area contributed by atoms with Crippen LogP contribution in [0.5, 0.6) is 0 Å². The van der Waals surface area contributed by atoms with E-state index in [0.717, 1.165) is 17.1 Å². The van der Waals surface area contributed by atoms with Crippen LogP contribution in [0.2, 0.25) is 19.6 Å². The zero-order chi connectivity index (χ0) is 11.6. The lowest BCUT2D eigenvalue weighted by Crippen LogP contribution is -2.16. The minimum atomic E-state index is -1.16. The average molecular weight is 220 g/mol. The van der Waals surface area contributed by atoms with Crippen molar-refractivity contribution in [2.75, 3.05) is 0 Å². The van der Waals surface area contributed by atoms with Gasteiger partial charge in [-0.05, 0) is 26.3 Å². The van der Waals surface area contributed by atoms with Crippen molar-refractivity contribution in [3.8, 4) is 0 Å². The van der Waals surface area contributed by atoms with Gasteiger partial charge in [-0.1, -0.05) is 25.3 Å². The van der Waals surface area contributed by atoms with Gasteiger partial charge in [0.1, 0.15) is 0 Å². The molecule has 0 N–H and O–H groups in total. The normalized spacial score (nSPS) is 13.1. The van der Waals surface area contributed by atoms with E-state index in [9.17, 15) is 0 Å². The van der Waals surface area contributed by atoms with Crippen LogP contribution in [0.15, 0.2) is 11.9 Å². The molecule has 0 aliphatic rings. The molecule has 0 aliphatic carbocycles. The molecule has 1 aromatic heterocycles. The fraction of sp³-hybridized carbons (Fsp3) is 0.500. The molecule has 2 nitrogen and oxygen atoms in total. The minimum absolute atomic E-state index is 1.01. The van der Waals surface area contributed by atoms with Gasteiger partial charge in [-0.25, -0.2) is 4.98 Å². The fourth-order valence-electron chi connectivity index (χ4n) is 1.46. The smallest absolute Gasteiger partial charge is 0.0838 e. The highest BCUT2D eigenvalue weighted by Gasteiger charge is 2.11. The number of allylic oxidation sites excluding steroid dienone is 1. The summed E-state index contributed by atoms with van der Waals surface area (Å²) >= 11 is 0. The van der Waals surface area contributed by atoms with Gasteiger partial charge in [0.15, 0.2) is 0 Å². The van der Waals surface area contributed by atoms with Gasteiger partial charge in [-0.2, -0.15) is 0 Å². The van der Waals surface area contributed by atoms with Gasteiger partial charge in [0.25, 0.3) is 0 Å². The van der Waals surface area contributed by atoms with Crippen molar-refractivity contribution >= 4 is 13.6 Å². The third-order valence-electron chi connectivity index (χ3n) is 2.25. The molecule has 0 fully saturated rings. The molecule has 0 radical (unpaired) electrons. The quantitative estimate of drug-likeness (QED) is 0.714. The summed E-state index contributed by atoms with van der Waals surface area (Å²) in [5.41, 5.74) is 6.67. The van der Waals surface area contributed by atoms with Crippen LogP contribution in [0.4, 0.5) is 0 Å². The van der Waals surface area contributed by atoms with Crippen molar-refractivity contribution in [3.05, 3.63) is 29.0 Å². The predicted octanol–water partition coefficient (Wildman–Crippen LogP) is 3.37. The van der Waals surface area contributed by atoms with Crippen molar-refractivity contribution in [2.24, 2.45) is 0 Å². The maximum Gasteiger partial charge on any atom is 0.0838 e. The molecular weight excluding hydrogens is 200 g/mol. The summed E-state index contributed by atoms with van der Waals surface area (Å²) < 4.78 is 0. The lowest BCUT2D eigenvalue weighted by atomic mass is 10.2. The molecule has 0 saturated carbocycles. The number of aromatic nitrogens is 2. The second-order valence-corrected chi connectivity index (χ2v) is 10.1. The lowest BCUT2D eigenvalue weighted by molar-refractivity contribution is 1.03. The molecule has 0 aromatic carbocycles. The van der Waals surface area contributed by atoms with Gasteiger partial charge < -0.3 is 0 Å². The summed E-state index contributed by atoms with van der Waals surface area (Å²) in [4.78, 5) is 8.89. The third-order valence-corrected chi connectivity index (χ3v) is 3.54. The first-order valence-electron chi connectivity index (χ1n) is 5.30. The molecule has 0 unspecified atom stereocenters. The lowest BCUT2D eigenvalue weighted by Gasteiger charge is -2.12. The van der Waals surface area contributed by atoms with E-state index < -0.39 is 8.07 Å². The molecular formula is C12H20N2Si. The van der Waals surface area contributed by atoms with Crippen molar-refractivity contribution < 1.29 is 0 Å². The van der Waals surface area contributed by atoms with Gasteiger partial charge in [-0.15, -0.1) is 0 Å². The number of aryl methyl sites for hydroxylation is 2. The molecule has 0 spiro atoms. The third kappa shape index (κ3) is 3.59. The monoisotopic (exact) mass is 220 g/mol. The van der Waals surface area contributed by atoms with E-state index in [1.807, 2.05) is 20.0 Å². The van der Waals surface area contributed by atoms with Crippen LogP contribution in [0.1, 0.15) is 24.0 Å². The second-order valence-electron chi connectivity index (χ2n) is 5.12. The number of nitrogens with zero attached hydrogens (tertiary/aromatic N) is 2. The molecule has 82 valence electrons. The van der Waals surface area contributed by atoms with Gasteiger partial charge in [0.05, 0.1) is 31.4 Å². The Morgan fingerprint density at radius 1 is 1.20 bits per heavy atom. The van der Waals surface area contributed by atoms with Crippen LogP contribution in [0.25, 0.3) is 5.57 Å². The number of hydrogen-bond acceptors (Lipinski definition) is 2. The summed E-state index contributed by atoms with van der Waals surface area (Å²) in [6, 6.07) is 0. The summed E-state index contributed by atoms with van der Waals surface area (Å²) in [5.74, 6) is 0. The first-order valence-corrected chi connectivity index (χ1v) is 8.87. The van der Waals surface area contributed by atoms with Crippen LogP contribution in [-0.4, -0.2) is 18.0 Å². The number of rotatable bonds is 2. The van der Waals surface area contributed by atoms with Crippen LogP contribution in [-0.2, 0) is 0 Å². The summed E-state index contributed by atoms with van der Waals surface area (Å²) in [5, 5.41) is 0. The molecule has 1 heterocycles. The molecule has 1 aromatic rings. The van der Waals surface area contributed by atoms with Crippen LogP contribution in [0, 0.1) is 13.8 Å². The Balaban J connectivity index is 3.07. The maximum atomic E-state index is 4.55. The van der Waals surface area contributed by atoms with Crippen LogP contribution >= 0.6 is 0 Å². The highest BCUT2D eigenvalue weighted by molar-refractivity contribution is 6.81. The molecule has 0 atom stereocenters. The van der Waals surface area contributed by atoms with Gasteiger partial charge in [-0.3, -0.25) is 4.98 Å². The summed E-state index contributed by atoms with van der Waals surface area (Å²) in [6.45, 7) is 13.1. The molecule has 15 heavy (non-hydrogen) atoms. The predicted molar refractivity (Wildman–Crippen MR) is 68.5 cm³/mol. The zero-order valence-corrected chi connectivity index (χ0v) is 11.5. The first-order chi connectivity index (χ1) is 6.79. The zero-order valence-electron chi connectivity index (χ0n) is 10.5. The molecule has 0 amide bonds. The first kappa shape index (κ1) is 12.1. The minimum Gasteiger partial charge on any atom is -0.257 e. The van der Waals surface area contributed by atoms with Crippen LogP contribution in [0.3, 0.4) is 0 Å².